The number of aliphatic hydroxyl groups is 1. The third-order valence-electron chi connectivity index (χ3n) is 12.7. The first kappa shape index (κ1) is 46.6. The summed E-state index contributed by atoms with van der Waals surface area (Å²) in [5.74, 6) is -2.90. The number of nitrogens with one attached hydrogen (secondary N) is 1. The highest BCUT2D eigenvalue weighted by Gasteiger charge is 2.77. The molecule has 338 valence electrons. The van der Waals surface area contributed by atoms with Crippen molar-refractivity contribution in [3.05, 3.63) is 41.5 Å². The summed E-state index contributed by atoms with van der Waals surface area (Å²) in [7, 11) is 3.37. The van der Waals surface area contributed by atoms with Crippen molar-refractivity contribution in [2.75, 3.05) is 27.2 Å². The molecule has 1 aliphatic carbocycles. The van der Waals surface area contributed by atoms with Crippen molar-refractivity contribution in [2.45, 2.75) is 179 Å². The highest BCUT2D eigenvalue weighted by atomic mass is 16.8. The van der Waals surface area contributed by atoms with Crippen LogP contribution in [0.25, 0.3) is 6.08 Å². The molecule has 4 aliphatic heterocycles. The summed E-state index contributed by atoms with van der Waals surface area (Å²) < 4.78 is 25.6. The molecule has 61 heavy (non-hydrogen) atoms. The first-order valence-corrected chi connectivity index (χ1v) is 22.5. The second-order valence-corrected chi connectivity index (χ2v) is 18.7. The van der Waals surface area contributed by atoms with E-state index in [4.69, 9.17) is 23.8 Å². The number of esters is 2. The SMILES string of the molecule is CCCCCC1(CCCCC)O[C@@H]2[C@H](O1)[C@H]1ON(Cc3ccc(C=CC(=O)N(C)C)cc3)[C@@H]3C(=O)O[C@@H]2C[C@]13C(=O)N1CCC[C@@H]1C(=O)N[C@H](CO)CCC(=O)OC(C)(C)C. The quantitative estimate of drug-likeness (QED) is 0.111. The Morgan fingerprint density at radius 2 is 1.69 bits per heavy atom. The fraction of sp³-hybridized carbons (Fsp3) is 0.717. The number of likely N-dealkylation sites (N-methyl/N-ethyl adjacent to an activating group) is 1. The summed E-state index contributed by atoms with van der Waals surface area (Å²) >= 11 is 0. The number of amides is 3. The van der Waals surface area contributed by atoms with E-state index in [1.54, 1.807) is 50.9 Å². The van der Waals surface area contributed by atoms with Crippen LogP contribution in [0.15, 0.2) is 30.3 Å². The Balaban J connectivity index is 1.30. The van der Waals surface area contributed by atoms with E-state index < -0.39 is 83.8 Å². The predicted molar refractivity (Wildman–Crippen MR) is 225 cm³/mol. The first-order chi connectivity index (χ1) is 29.0. The average Bonchev–Trinajstić information content (AvgIpc) is 3.94. The number of fused-ring (bicyclic) bond motifs is 4. The summed E-state index contributed by atoms with van der Waals surface area (Å²) in [5, 5.41) is 14.6. The van der Waals surface area contributed by atoms with Crippen LogP contribution in [0.1, 0.15) is 129 Å². The van der Waals surface area contributed by atoms with Crippen molar-refractivity contribution in [3.63, 3.8) is 0 Å². The Morgan fingerprint density at radius 3 is 2.31 bits per heavy atom. The molecular formula is C46H68N4O11. The molecule has 1 aromatic carbocycles. The van der Waals surface area contributed by atoms with Crippen molar-refractivity contribution in [3.8, 4) is 0 Å². The summed E-state index contributed by atoms with van der Waals surface area (Å²) in [4.78, 5) is 78.5. The maximum atomic E-state index is 15.5. The molecule has 0 aromatic heterocycles. The van der Waals surface area contributed by atoms with Crippen molar-refractivity contribution < 1.29 is 52.9 Å². The molecule has 1 aromatic rings. The van der Waals surface area contributed by atoms with Crippen LogP contribution in [-0.2, 0) is 54.3 Å². The number of aliphatic hydroxyl groups excluding tert-OH is 1. The van der Waals surface area contributed by atoms with Gasteiger partial charge < -0.3 is 39.2 Å². The van der Waals surface area contributed by atoms with Crippen LogP contribution in [0.5, 0.6) is 0 Å². The first-order valence-electron chi connectivity index (χ1n) is 22.5. The summed E-state index contributed by atoms with van der Waals surface area (Å²) in [6.07, 6.45) is 8.57. The van der Waals surface area contributed by atoms with Gasteiger partial charge in [-0.3, -0.25) is 28.8 Å². The molecule has 0 spiro atoms. The molecule has 8 atom stereocenters. The van der Waals surface area contributed by atoms with Crippen molar-refractivity contribution in [2.24, 2.45) is 5.41 Å². The van der Waals surface area contributed by atoms with E-state index in [1.807, 2.05) is 24.3 Å². The Kier molecular flexibility index (Phi) is 15.0. The van der Waals surface area contributed by atoms with Crippen LogP contribution >= 0.6 is 0 Å². The number of hydrogen-bond acceptors (Lipinski definition) is 12. The Labute approximate surface area is 360 Å². The number of likely N-dealkylation sites (tertiary alicyclic amines) is 1. The molecule has 5 aliphatic rings. The molecule has 4 heterocycles. The number of hydrogen-bond donors (Lipinski definition) is 2. The van der Waals surface area contributed by atoms with Gasteiger partial charge in [-0.05, 0) is 70.1 Å². The van der Waals surface area contributed by atoms with E-state index in [2.05, 4.69) is 19.2 Å². The van der Waals surface area contributed by atoms with E-state index in [1.165, 1.54) is 11.0 Å². The molecule has 0 unspecified atom stereocenters. The van der Waals surface area contributed by atoms with Gasteiger partial charge in [-0.15, -0.1) is 0 Å². The number of hydroxylamine groups is 2. The average molecular weight is 853 g/mol. The van der Waals surface area contributed by atoms with E-state index in [9.17, 15) is 24.3 Å². The number of nitrogens with zero attached hydrogens (tertiary/aromatic N) is 3. The highest BCUT2D eigenvalue weighted by Crippen LogP contribution is 2.59. The van der Waals surface area contributed by atoms with Gasteiger partial charge in [0.2, 0.25) is 17.7 Å². The lowest BCUT2D eigenvalue weighted by Crippen LogP contribution is -2.70. The number of carbonyl (C=O) groups is 5. The van der Waals surface area contributed by atoms with E-state index in [0.717, 1.165) is 49.7 Å². The fourth-order valence-corrected chi connectivity index (χ4v) is 9.65. The monoisotopic (exact) mass is 852 g/mol. The fourth-order valence-electron chi connectivity index (χ4n) is 9.65. The minimum absolute atomic E-state index is 0.00219. The number of unbranched alkanes of at least 4 members (excludes halogenated alkanes) is 4. The van der Waals surface area contributed by atoms with Crippen LogP contribution in [0.4, 0.5) is 0 Å². The summed E-state index contributed by atoms with van der Waals surface area (Å²) in [6.45, 7) is 9.65. The van der Waals surface area contributed by atoms with Gasteiger partial charge >= 0.3 is 11.9 Å². The van der Waals surface area contributed by atoms with Gasteiger partial charge in [0.05, 0.1) is 19.2 Å². The number of ether oxygens (including phenoxy) is 4. The lowest BCUT2D eigenvalue weighted by atomic mass is 9.62. The van der Waals surface area contributed by atoms with Crippen molar-refractivity contribution >= 4 is 35.7 Å². The van der Waals surface area contributed by atoms with Crippen LogP contribution < -0.4 is 5.32 Å². The van der Waals surface area contributed by atoms with Gasteiger partial charge in [-0.25, -0.2) is 0 Å². The van der Waals surface area contributed by atoms with Gasteiger partial charge in [0.1, 0.15) is 41.5 Å². The van der Waals surface area contributed by atoms with Crippen molar-refractivity contribution in [1.29, 1.82) is 0 Å². The van der Waals surface area contributed by atoms with Crippen LogP contribution in [0.2, 0.25) is 0 Å². The summed E-state index contributed by atoms with van der Waals surface area (Å²) in [6, 6.07) is 4.79. The highest BCUT2D eigenvalue weighted by molar-refractivity contribution is 5.97. The lowest BCUT2D eigenvalue weighted by molar-refractivity contribution is -0.225. The molecule has 0 radical (unpaired) electrons. The molecule has 5 fully saturated rings. The zero-order valence-corrected chi connectivity index (χ0v) is 37.2. The maximum absolute atomic E-state index is 15.5. The Hall–Kier alpha value is -3.89. The zero-order valence-electron chi connectivity index (χ0n) is 37.2. The smallest absolute Gasteiger partial charge is 0.327 e. The molecule has 2 bridgehead atoms. The van der Waals surface area contributed by atoms with Crippen LogP contribution in [-0.4, -0.2) is 131 Å². The Bertz CT molecular complexity index is 1750. The number of rotatable bonds is 19. The minimum Gasteiger partial charge on any atom is -0.460 e. The van der Waals surface area contributed by atoms with Gasteiger partial charge in [-0.1, -0.05) is 63.8 Å². The van der Waals surface area contributed by atoms with Crippen LogP contribution in [0, 0.1) is 5.41 Å². The van der Waals surface area contributed by atoms with Gasteiger partial charge in [0.15, 0.2) is 11.8 Å². The lowest BCUT2D eigenvalue weighted by Gasteiger charge is -2.50. The second-order valence-electron chi connectivity index (χ2n) is 18.7. The molecule has 15 nitrogen and oxygen atoms in total. The molecule has 2 N–H and O–H groups in total. The zero-order chi connectivity index (χ0) is 44.1. The number of carbonyl (C=O) groups excluding carboxylic acids is 5. The Morgan fingerprint density at radius 1 is 1.02 bits per heavy atom. The van der Waals surface area contributed by atoms with E-state index >= 15 is 4.79 Å². The molecule has 3 amide bonds. The third kappa shape index (κ3) is 10.3. The topological polar surface area (TPSA) is 173 Å². The molecule has 15 heteroatoms. The standard InChI is InChI=1S/C46H68N4O11/c1-8-10-12-24-45(25-13-11-9-2)59-37-34-27-46(43(56)49-26-14-15-33(49)41(54)47-32(29-51)21-23-36(53)58-44(3,4)5)39(42(55)57-34)50(61-40(46)38(37)60-45)28-31-18-16-30(17-19-31)20-22-35(52)48(6)7/h16-20,22,32-34,37-40,51H,8-15,21,23-29H2,1-7H3,(H,47,54)/t32-,33+,34+,37-,38-,39+,40+,46+/m0/s1. The minimum atomic E-state index is -1.46. The van der Waals surface area contributed by atoms with Crippen molar-refractivity contribution in [1.82, 2.24) is 20.2 Å². The third-order valence-corrected chi connectivity index (χ3v) is 12.7. The van der Waals surface area contributed by atoms with E-state index in [0.29, 0.717) is 25.7 Å². The molecule has 1 saturated carbocycles. The number of benzene rings is 1. The molecule has 4 saturated heterocycles. The van der Waals surface area contributed by atoms with Gasteiger partial charge in [0.25, 0.3) is 0 Å². The predicted octanol–water partition coefficient (Wildman–Crippen LogP) is 4.82. The largest absolute Gasteiger partial charge is 0.460 e. The van der Waals surface area contributed by atoms with Crippen LogP contribution in [0.3, 0.4) is 0 Å². The van der Waals surface area contributed by atoms with E-state index in [-0.39, 0.29) is 44.2 Å². The second kappa shape index (κ2) is 19.7. The van der Waals surface area contributed by atoms with Gasteiger partial charge in [0, 0.05) is 52.4 Å². The molecule has 6 rings (SSSR count). The molecular weight excluding hydrogens is 785 g/mol. The van der Waals surface area contributed by atoms with Gasteiger partial charge in [-0.2, -0.15) is 5.06 Å². The summed E-state index contributed by atoms with van der Waals surface area (Å²) in [5.41, 5.74) is -0.506. The maximum Gasteiger partial charge on any atom is 0.327 e. The normalized spacial score (nSPS) is 28.4.